The molecule has 3 N–H and O–H groups in total. The van der Waals surface area contributed by atoms with Crippen LogP contribution in [0.5, 0.6) is 0 Å². The molecule has 1 aliphatic heterocycles. The van der Waals surface area contributed by atoms with Gasteiger partial charge in [-0.1, -0.05) is 17.7 Å². The molecule has 2 amide bonds. The van der Waals surface area contributed by atoms with Crippen molar-refractivity contribution < 1.29 is 9.59 Å². The van der Waals surface area contributed by atoms with Gasteiger partial charge in [-0.05, 0) is 24.6 Å². The summed E-state index contributed by atoms with van der Waals surface area (Å²) in [5.41, 5.74) is 6.58. The Balaban J connectivity index is 2.39. The monoisotopic (exact) mass is 303 g/mol. The molecule has 0 saturated carbocycles. The number of nitrogens with two attached hydrogens (primary N) is 1. The van der Waals surface area contributed by atoms with Crippen molar-refractivity contribution in [1.29, 1.82) is 0 Å². The number of nitrogens with zero attached hydrogens (tertiary/aromatic N) is 1. The first-order chi connectivity index (χ1) is 9.91. The average Bonchev–Trinajstić information content (AvgIpc) is 2.69. The molecular weight excluding hydrogens is 294 g/mol. The van der Waals surface area contributed by atoms with E-state index in [0.29, 0.717) is 16.3 Å². The zero-order chi connectivity index (χ0) is 15.3. The molecular formula is C14H10ClN3O3. The topological polar surface area (TPSA) is 94.2 Å². The number of hydrogen-bond donors (Lipinski definition) is 2. The van der Waals surface area contributed by atoms with Gasteiger partial charge in [-0.3, -0.25) is 24.3 Å². The molecule has 2 aromatic rings. The van der Waals surface area contributed by atoms with Crippen LogP contribution in [0, 0.1) is 6.92 Å². The van der Waals surface area contributed by atoms with Gasteiger partial charge in [-0.15, -0.1) is 0 Å². The Labute approximate surface area is 124 Å². The highest BCUT2D eigenvalue weighted by molar-refractivity contribution is 6.31. The van der Waals surface area contributed by atoms with E-state index in [-0.39, 0.29) is 16.9 Å². The molecule has 21 heavy (non-hydrogen) atoms. The summed E-state index contributed by atoms with van der Waals surface area (Å²) in [7, 11) is 0. The second-order valence-corrected chi connectivity index (χ2v) is 5.07. The third-order valence-electron chi connectivity index (χ3n) is 3.43. The Bertz CT molecular complexity index is 870. The zero-order valence-corrected chi connectivity index (χ0v) is 11.7. The molecule has 7 heteroatoms. The molecule has 0 aliphatic carbocycles. The predicted molar refractivity (Wildman–Crippen MR) is 78.0 cm³/mol. The van der Waals surface area contributed by atoms with Crippen LogP contribution in [0.1, 0.15) is 26.3 Å². The number of anilines is 1. The van der Waals surface area contributed by atoms with E-state index in [1.54, 1.807) is 25.1 Å². The highest BCUT2D eigenvalue weighted by Crippen LogP contribution is 2.26. The molecule has 0 radical (unpaired) electrons. The number of imide groups is 1. The van der Waals surface area contributed by atoms with Gasteiger partial charge in [0.2, 0.25) is 0 Å². The minimum Gasteiger partial charge on any atom is -0.384 e. The minimum absolute atomic E-state index is 0.00145. The standard InChI is InChI=1S/C14H10ClN3O3/c1-6-8(15)3-2-4-9(6)18-10(19)5-7-11(12(18)16)14(21)17-13(7)20/h2-5H,16H2,1H3,(H,17,20,21). The van der Waals surface area contributed by atoms with Crippen LogP contribution in [0.25, 0.3) is 5.69 Å². The lowest BCUT2D eigenvalue weighted by molar-refractivity contribution is 0.0880. The van der Waals surface area contributed by atoms with E-state index in [2.05, 4.69) is 5.32 Å². The summed E-state index contributed by atoms with van der Waals surface area (Å²) in [5.74, 6) is -1.30. The van der Waals surface area contributed by atoms with Crippen LogP contribution in [0.3, 0.4) is 0 Å². The molecule has 106 valence electrons. The number of hydrogen-bond acceptors (Lipinski definition) is 4. The van der Waals surface area contributed by atoms with Crippen LogP contribution in [-0.4, -0.2) is 16.4 Å². The lowest BCUT2D eigenvalue weighted by atomic mass is 10.1. The van der Waals surface area contributed by atoms with Gasteiger partial charge in [0.05, 0.1) is 16.8 Å². The highest BCUT2D eigenvalue weighted by Gasteiger charge is 2.32. The Morgan fingerprint density at radius 2 is 1.90 bits per heavy atom. The Kier molecular flexibility index (Phi) is 2.84. The Morgan fingerprint density at radius 3 is 2.62 bits per heavy atom. The molecule has 1 aliphatic rings. The molecule has 6 nitrogen and oxygen atoms in total. The molecule has 0 saturated heterocycles. The second kappa shape index (κ2) is 4.46. The summed E-state index contributed by atoms with van der Waals surface area (Å²) >= 11 is 6.05. The predicted octanol–water partition coefficient (Wildman–Crippen LogP) is 1.27. The van der Waals surface area contributed by atoms with E-state index < -0.39 is 17.4 Å². The Morgan fingerprint density at radius 1 is 1.19 bits per heavy atom. The van der Waals surface area contributed by atoms with Crippen LogP contribution in [0.15, 0.2) is 29.1 Å². The SMILES string of the molecule is Cc1c(Cl)cccc1-n1c(N)c2c(cc1=O)C(=O)NC2=O. The largest absolute Gasteiger partial charge is 0.384 e. The zero-order valence-electron chi connectivity index (χ0n) is 10.9. The molecule has 1 aromatic heterocycles. The first-order valence-electron chi connectivity index (χ1n) is 6.08. The second-order valence-electron chi connectivity index (χ2n) is 4.66. The number of carbonyl (C=O) groups is 2. The number of amides is 2. The molecule has 2 heterocycles. The van der Waals surface area contributed by atoms with E-state index in [0.717, 1.165) is 6.07 Å². The number of fused-ring (bicyclic) bond motifs is 1. The van der Waals surface area contributed by atoms with Gasteiger partial charge in [-0.2, -0.15) is 0 Å². The number of halogens is 1. The molecule has 0 spiro atoms. The molecule has 0 unspecified atom stereocenters. The van der Waals surface area contributed by atoms with E-state index in [9.17, 15) is 14.4 Å². The van der Waals surface area contributed by atoms with Crippen molar-refractivity contribution in [2.75, 3.05) is 5.73 Å². The fraction of sp³-hybridized carbons (Fsp3) is 0.0714. The van der Waals surface area contributed by atoms with Gasteiger partial charge in [0.25, 0.3) is 17.4 Å². The summed E-state index contributed by atoms with van der Waals surface area (Å²) in [6.45, 7) is 1.74. The molecule has 1 aromatic carbocycles. The quantitative estimate of drug-likeness (QED) is 0.776. The van der Waals surface area contributed by atoms with E-state index in [1.807, 2.05) is 0 Å². The fourth-order valence-corrected chi connectivity index (χ4v) is 2.54. The number of rotatable bonds is 1. The Hall–Kier alpha value is -2.60. The van der Waals surface area contributed by atoms with Gasteiger partial charge in [0, 0.05) is 11.1 Å². The molecule has 0 atom stereocenters. The van der Waals surface area contributed by atoms with Crippen LogP contribution in [0.2, 0.25) is 5.02 Å². The first-order valence-corrected chi connectivity index (χ1v) is 6.46. The van der Waals surface area contributed by atoms with Gasteiger partial charge in [0.15, 0.2) is 0 Å². The van der Waals surface area contributed by atoms with Gasteiger partial charge in [0.1, 0.15) is 5.82 Å². The van der Waals surface area contributed by atoms with Crippen LogP contribution in [0.4, 0.5) is 5.82 Å². The van der Waals surface area contributed by atoms with Crippen molar-refractivity contribution in [3.05, 3.63) is 56.3 Å². The smallest absolute Gasteiger partial charge is 0.262 e. The number of pyridine rings is 1. The van der Waals surface area contributed by atoms with Crippen LogP contribution in [-0.2, 0) is 0 Å². The molecule has 0 bridgehead atoms. The number of benzene rings is 1. The average molecular weight is 304 g/mol. The van der Waals surface area contributed by atoms with Crippen molar-refractivity contribution in [3.63, 3.8) is 0 Å². The highest BCUT2D eigenvalue weighted by atomic mass is 35.5. The van der Waals surface area contributed by atoms with Crippen molar-refractivity contribution >= 4 is 29.2 Å². The maximum Gasteiger partial charge on any atom is 0.262 e. The summed E-state index contributed by atoms with van der Waals surface area (Å²) in [6, 6.07) is 6.13. The first kappa shape index (κ1) is 13.4. The van der Waals surface area contributed by atoms with Crippen LogP contribution < -0.4 is 16.6 Å². The van der Waals surface area contributed by atoms with E-state index >= 15 is 0 Å². The van der Waals surface area contributed by atoms with Crippen molar-refractivity contribution in [2.24, 2.45) is 0 Å². The summed E-state index contributed by atoms with van der Waals surface area (Å²) in [5, 5.41) is 2.59. The molecule has 0 fully saturated rings. The number of carbonyl (C=O) groups excluding carboxylic acids is 2. The minimum atomic E-state index is -0.617. The summed E-state index contributed by atoms with van der Waals surface area (Å²) < 4.78 is 1.18. The maximum atomic E-state index is 12.3. The van der Waals surface area contributed by atoms with Crippen molar-refractivity contribution in [2.45, 2.75) is 6.92 Å². The van der Waals surface area contributed by atoms with E-state index in [1.165, 1.54) is 4.57 Å². The third kappa shape index (κ3) is 1.84. The number of nitrogen functional groups attached to an aromatic ring is 1. The third-order valence-corrected chi connectivity index (χ3v) is 3.84. The lowest BCUT2D eigenvalue weighted by Crippen LogP contribution is -2.24. The van der Waals surface area contributed by atoms with Gasteiger partial charge >= 0.3 is 0 Å². The van der Waals surface area contributed by atoms with Crippen LogP contribution >= 0.6 is 11.6 Å². The normalized spacial score (nSPS) is 13.2. The van der Waals surface area contributed by atoms with Crippen molar-refractivity contribution in [1.82, 2.24) is 9.88 Å². The number of nitrogens with one attached hydrogen (secondary N) is 1. The van der Waals surface area contributed by atoms with Gasteiger partial charge in [-0.25, -0.2) is 0 Å². The lowest BCUT2D eigenvalue weighted by Gasteiger charge is -2.14. The fourth-order valence-electron chi connectivity index (χ4n) is 2.37. The molecule has 3 rings (SSSR count). The van der Waals surface area contributed by atoms with Gasteiger partial charge < -0.3 is 5.73 Å². The summed E-state index contributed by atoms with van der Waals surface area (Å²) in [4.78, 5) is 35.6. The van der Waals surface area contributed by atoms with Crippen molar-refractivity contribution in [3.8, 4) is 5.69 Å². The van der Waals surface area contributed by atoms with E-state index in [4.69, 9.17) is 17.3 Å². The maximum absolute atomic E-state index is 12.3. The number of aromatic nitrogens is 1. The summed E-state index contributed by atoms with van der Waals surface area (Å²) in [6.07, 6.45) is 0.